The molecule has 0 aliphatic rings. The van der Waals surface area contributed by atoms with Crippen LogP contribution in [0.1, 0.15) is 16.2 Å². The summed E-state index contributed by atoms with van der Waals surface area (Å²) in [5.74, 6) is -2.15. The van der Waals surface area contributed by atoms with Gasteiger partial charge in [-0.2, -0.15) is 0 Å². The lowest BCUT2D eigenvalue weighted by atomic mass is 10.2. The molecule has 2 aromatic carbocycles. The van der Waals surface area contributed by atoms with Crippen molar-refractivity contribution in [3.8, 4) is 11.5 Å². The van der Waals surface area contributed by atoms with E-state index in [0.29, 0.717) is 5.02 Å². The van der Waals surface area contributed by atoms with Crippen molar-refractivity contribution in [2.75, 3.05) is 0 Å². The maximum atomic E-state index is 13.3. The number of hydrogen-bond acceptors (Lipinski definition) is 4. The largest absolute Gasteiger partial charge is 0.478 e. The molecule has 0 saturated heterocycles. The molecular weight excluding hydrogens is 413 g/mol. The molecule has 0 atom stereocenters. The second-order valence-corrected chi connectivity index (χ2v) is 5.83. The van der Waals surface area contributed by atoms with E-state index in [4.69, 9.17) is 44.3 Å². The van der Waals surface area contributed by atoms with E-state index in [1.807, 2.05) is 0 Å². The second kappa shape index (κ2) is 8.93. The standard InChI is InChI=1S/C9H5Cl2FN2O.C7H4ClFO2/c10-4-8-13-14-9(15-8)6-3-5(11)1-2-7(6)12;8-4-1-2-6(9)5(3-4)7(10)11/h1-3H,4H2;1-3H,(H,10,11). The van der Waals surface area contributed by atoms with Gasteiger partial charge in [0.25, 0.3) is 5.89 Å². The van der Waals surface area contributed by atoms with Gasteiger partial charge < -0.3 is 9.52 Å². The smallest absolute Gasteiger partial charge is 0.338 e. The number of carboxylic acids is 1. The summed E-state index contributed by atoms with van der Waals surface area (Å²) in [6.07, 6.45) is 0. The molecule has 0 radical (unpaired) electrons. The van der Waals surface area contributed by atoms with Crippen LogP contribution in [0.15, 0.2) is 40.8 Å². The van der Waals surface area contributed by atoms with Crippen molar-refractivity contribution in [2.45, 2.75) is 5.88 Å². The first-order chi connectivity index (χ1) is 12.3. The molecule has 5 nitrogen and oxygen atoms in total. The number of benzene rings is 2. The summed E-state index contributed by atoms with van der Waals surface area (Å²) in [7, 11) is 0. The minimum atomic E-state index is -1.31. The topological polar surface area (TPSA) is 76.2 Å². The zero-order valence-electron chi connectivity index (χ0n) is 12.7. The van der Waals surface area contributed by atoms with Crippen molar-refractivity contribution in [2.24, 2.45) is 0 Å². The normalized spacial score (nSPS) is 10.2. The van der Waals surface area contributed by atoms with E-state index in [1.54, 1.807) is 0 Å². The summed E-state index contributed by atoms with van der Waals surface area (Å²) in [5, 5.41) is 16.3. The molecule has 0 saturated carbocycles. The van der Waals surface area contributed by atoms with Crippen LogP contribution in [-0.4, -0.2) is 21.3 Å². The Hall–Kier alpha value is -2.22. The quantitative estimate of drug-likeness (QED) is 0.569. The fraction of sp³-hybridized carbons (Fsp3) is 0.0625. The SMILES string of the molecule is Fc1ccc(Cl)cc1-c1nnc(CCl)o1.O=C(O)c1cc(Cl)ccc1F. The molecule has 1 aromatic heterocycles. The van der Waals surface area contributed by atoms with Gasteiger partial charge in [-0.1, -0.05) is 23.2 Å². The fourth-order valence-electron chi connectivity index (χ4n) is 1.74. The van der Waals surface area contributed by atoms with E-state index < -0.39 is 23.2 Å². The first-order valence-electron chi connectivity index (χ1n) is 6.84. The zero-order valence-corrected chi connectivity index (χ0v) is 15.0. The lowest BCUT2D eigenvalue weighted by molar-refractivity contribution is 0.0692. The number of rotatable bonds is 3. The van der Waals surface area contributed by atoms with Crippen molar-refractivity contribution in [1.82, 2.24) is 10.2 Å². The minimum Gasteiger partial charge on any atom is -0.478 e. The Labute approximate surface area is 161 Å². The molecule has 1 heterocycles. The number of alkyl halides is 1. The molecule has 0 amide bonds. The van der Waals surface area contributed by atoms with Gasteiger partial charge in [0.2, 0.25) is 5.89 Å². The Kier molecular flexibility index (Phi) is 6.90. The molecular formula is C16H9Cl3F2N2O3. The van der Waals surface area contributed by atoms with Crippen LogP contribution in [0.25, 0.3) is 11.5 Å². The van der Waals surface area contributed by atoms with E-state index in [2.05, 4.69) is 10.2 Å². The summed E-state index contributed by atoms with van der Waals surface area (Å²) in [6.45, 7) is 0. The number of aromatic nitrogens is 2. The molecule has 0 fully saturated rings. The van der Waals surface area contributed by atoms with Crippen molar-refractivity contribution >= 4 is 40.8 Å². The summed E-state index contributed by atoms with van der Waals surface area (Å²) in [6, 6.07) is 7.48. The number of halogens is 5. The first-order valence-corrected chi connectivity index (χ1v) is 8.13. The van der Waals surface area contributed by atoms with E-state index in [1.165, 1.54) is 24.3 Å². The third-order valence-corrected chi connectivity index (χ3v) is 3.60. The predicted octanol–water partition coefficient (Wildman–Crippen LogP) is 5.45. The van der Waals surface area contributed by atoms with E-state index in [0.717, 1.165) is 12.1 Å². The Morgan fingerprint density at radius 2 is 1.65 bits per heavy atom. The highest BCUT2D eigenvalue weighted by Crippen LogP contribution is 2.25. The highest BCUT2D eigenvalue weighted by Gasteiger charge is 2.13. The average molecular weight is 422 g/mol. The molecule has 0 aliphatic heterocycles. The van der Waals surface area contributed by atoms with Crippen LogP contribution in [0.4, 0.5) is 8.78 Å². The molecule has 3 aromatic rings. The van der Waals surface area contributed by atoms with Gasteiger partial charge in [0.05, 0.1) is 11.1 Å². The van der Waals surface area contributed by atoms with Gasteiger partial charge in [0.1, 0.15) is 17.5 Å². The monoisotopic (exact) mass is 420 g/mol. The van der Waals surface area contributed by atoms with E-state index in [9.17, 15) is 13.6 Å². The molecule has 10 heteroatoms. The Bertz CT molecular complexity index is 935. The number of carboxylic acid groups (broad SMARTS) is 1. The van der Waals surface area contributed by atoms with Crippen LogP contribution in [0, 0.1) is 11.6 Å². The van der Waals surface area contributed by atoms with Gasteiger partial charge >= 0.3 is 5.97 Å². The highest BCUT2D eigenvalue weighted by atomic mass is 35.5. The second-order valence-electron chi connectivity index (χ2n) is 4.69. The lowest BCUT2D eigenvalue weighted by Gasteiger charge is -1.97. The van der Waals surface area contributed by atoms with E-state index >= 15 is 0 Å². The van der Waals surface area contributed by atoms with Crippen LogP contribution >= 0.6 is 34.8 Å². The van der Waals surface area contributed by atoms with Crippen molar-refractivity contribution in [3.05, 3.63) is 69.5 Å². The van der Waals surface area contributed by atoms with Gasteiger partial charge in [-0.3, -0.25) is 0 Å². The van der Waals surface area contributed by atoms with Gasteiger partial charge in [-0.15, -0.1) is 21.8 Å². The maximum Gasteiger partial charge on any atom is 0.338 e. The van der Waals surface area contributed by atoms with E-state index in [-0.39, 0.29) is 28.2 Å². The zero-order chi connectivity index (χ0) is 19.3. The molecule has 26 heavy (non-hydrogen) atoms. The van der Waals surface area contributed by atoms with Gasteiger partial charge in [-0.25, -0.2) is 13.6 Å². The summed E-state index contributed by atoms with van der Waals surface area (Å²) < 4.78 is 31.0. The van der Waals surface area contributed by atoms with Crippen molar-refractivity contribution in [1.29, 1.82) is 0 Å². The molecule has 0 aliphatic carbocycles. The van der Waals surface area contributed by atoms with Crippen LogP contribution in [0.2, 0.25) is 10.0 Å². The first kappa shape index (κ1) is 20.1. The number of carbonyl (C=O) groups is 1. The number of aromatic carboxylic acids is 1. The minimum absolute atomic E-state index is 0.0747. The third-order valence-electron chi connectivity index (χ3n) is 2.90. The Morgan fingerprint density at radius 3 is 2.19 bits per heavy atom. The highest BCUT2D eigenvalue weighted by molar-refractivity contribution is 6.31. The summed E-state index contributed by atoms with van der Waals surface area (Å²) in [5.41, 5.74) is -0.233. The molecule has 0 spiro atoms. The Morgan fingerprint density at radius 1 is 1.04 bits per heavy atom. The van der Waals surface area contributed by atoms with Crippen LogP contribution in [0.3, 0.4) is 0 Å². The van der Waals surface area contributed by atoms with Gasteiger partial charge in [0.15, 0.2) is 0 Å². The molecule has 1 N–H and O–H groups in total. The van der Waals surface area contributed by atoms with Gasteiger partial charge in [-0.05, 0) is 36.4 Å². The average Bonchev–Trinajstić information content (AvgIpc) is 3.08. The lowest BCUT2D eigenvalue weighted by Crippen LogP contribution is -1.99. The maximum absolute atomic E-state index is 13.3. The van der Waals surface area contributed by atoms with Gasteiger partial charge in [0, 0.05) is 10.0 Å². The van der Waals surface area contributed by atoms with Crippen molar-refractivity contribution in [3.63, 3.8) is 0 Å². The van der Waals surface area contributed by atoms with Crippen molar-refractivity contribution < 1.29 is 23.1 Å². The summed E-state index contributed by atoms with van der Waals surface area (Å²) >= 11 is 16.6. The van der Waals surface area contributed by atoms with Crippen LogP contribution in [-0.2, 0) is 5.88 Å². The number of nitrogens with zero attached hydrogens (tertiary/aromatic N) is 2. The van der Waals surface area contributed by atoms with Crippen LogP contribution < -0.4 is 0 Å². The molecule has 3 rings (SSSR count). The third kappa shape index (κ3) is 5.14. The Balaban J connectivity index is 0.000000197. The molecule has 0 bridgehead atoms. The predicted molar refractivity (Wildman–Crippen MR) is 92.6 cm³/mol. The fourth-order valence-corrected chi connectivity index (χ4v) is 2.19. The molecule has 136 valence electrons. The number of hydrogen-bond donors (Lipinski definition) is 1. The van der Waals surface area contributed by atoms with Crippen LogP contribution in [0.5, 0.6) is 0 Å². The molecule has 0 unspecified atom stereocenters. The summed E-state index contributed by atoms with van der Waals surface area (Å²) in [4.78, 5) is 10.3.